The van der Waals surface area contributed by atoms with Crippen LogP contribution in [0, 0.1) is 0 Å². The molecule has 0 radical (unpaired) electrons. The van der Waals surface area contributed by atoms with Gasteiger partial charge in [-0.2, -0.15) is 0 Å². The first kappa shape index (κ1) is 18.0. The van der Waals surface area contributed by atoms with Crippen LogP contribution < -0.4 is 10.6 Å². The quantitative estimate of drug-likeness (QED) is 0.688. The molecule has 0 fully saturated rings. The van der Waals surface area contributed by atoms with Gasteiger partial charge in [-0.05, 0) is 30.0 Å². The molecule has 128 valence electrons. The Morgan fingerprint density at radius 3 is 2.50 bits per heavy atom. The average Bonchev–Trinajstić information content (AvgIpc) is 2.61. The molecule has 0 heterocycles. The van der Waals surface area contributed by atoms with Gasteiger partial charge in [0.1, 0.15) is 0 Å². The normalized spacial score (nSPS) is 11.8. The molecule has 3 N–H and O–H groups in total. The smallest absolute Gasteiger partial charge is 0.319 e. The third kappa shape index (κ3) is 5.39. The highest BCUT2D eigenvalue weighted by Crippen LogP contribution is 2.19. The Morgan fingerprint density at radius 2 is 1.79 bits per heavy atom. The van der Waals surface area contributed by atoms with Crippen LogP contribution in [-0.4, -0.2) is 24.3 Å². The predicted molar refractivity (Wildman–Crippen MR) is 98.3 cm³/mol. The van der Waals surface area contributed by atoms with Crippen molar-refractivity contribution in [1.29, 1.82) is 0 Å². The van der Waals surface area contributed by atoms with Crippen LogP contribution in [0.15, 0.2) is 54.6 Å². The van der Waals surface area contributed by atoms with E-state index in [1.54, 1.807) is 0 Å². The monoisotopic (exact) mass is 326 g/mol. The molecule has 0 aromatic heterocycles. The Kier molecular flexibility index (Phi) is 7.30. The number of nitrogens with one attached hydrogen (secondary N) is 2. The van der Waals surface area contributed by atoms with E-state index in [9.17, 15) is 9.90 Å². The molecule has 0 saturated carbocycles. The second-order valence-corrected chi connectivity index (χ2v) is 5.86. The summed E-state index contributed by atoms with van der Waals surface area (Å²) in [5, 5.41) is 15.1. The first-order chi connectivity index (χ1) is 11.7. The number of aryl methyl sites for hydroxylation is 1. The molecular weight excluding hydrogens is 300 g/mol. The van der Waals surface area contributed by atoms with Gasteiger partial charge in [-0.3, -0.25) is 0 Å². The summed E-state index contributed by atoms with van der Waals surface area (Å²) in [7, 11) is 0. The zero-order valence-corrected chi connectivity index (χ0v) is 14.2. The summed E-state index contributed by atoms with van der Waals surface area (Å²) in [5.74, 6) is 0.104. The minimum atomic E-state index is -0.211. The van der Waals surface area contributed by atoms with E-state index < -0.39 is 0 Å². The number of rotatable bonds is 8. The maximum atomic E-state index is 12.2. The summed E-state index contributed by atoms with van der Waals surface area (Å²) in [5.41, 5.74) is 3.12. The Morgan fingerprint density at radius 1 is 1.08 bits per heavy atom. The van der Waals surface area contributed by atoms with E-state index in [0.29, 0.717) is 13.0 Å². The van der Waals surface area contributed by atoms with Gasteiger partial charge in [0.15, 0.2) is 0 Å². The fourth-order valence-corrected chi connectivity index (χ4v) is 2.78. The van der Waals surface area contributed by atoms with Crippen LogP contribution in [0.25, 0.3) is 0 Å². The van der Waals surface area contributed by atoms with E-state index in [1.165, 1.54) is 0 Å². The molecule has 0 aliphatic rings. The highest BCUT2D eigenvalue weighted by Gasteiger charge is 2.13. The average molecular weight is 326 g/mol. The highest BCUT2D eigenvalue weighted by atomic mass is 16.3. The Bertz CT molecular complexity index is 629. The second kappa shape index (κ2) is 9.73. The lowest BCUT2D eigenvalue weighted by Crippen LogP contribution is -2.33. The van der Waals surface area contributed by atoms with Gasteiger partial charge in [-0.1, -0.05) is 61.9 Å². The van der Waals surface area contributed by atoms with Gasteiger partial charge >= 0.3 is 6.03 Å². The fraction of sp³-hybridized carbons (Fsp3) is 0.350. The molecule has 2 rings (SSSR count). The number of hydrogen-bond acceptors (Lipinski definition) is 2. The van der Waals surface area contributed by atoms with E-state index in [0.717, 1.165) is 29.7 Å². The Balaban J connectivity index is 1.94. The summed E-state index contributed by atoms with van der Waals surface area (Å²) in [6.07, 6.45) is 2.59. The van der Waals surface area contributed by atoms with Crippen molar-refractivity contribution in [2.75, 3.05) is 18.5 Å². The zero-order valence-electron chi connectivity index (χ0n) is 14.2. The van der Waals surface area contributed by atoms with Gasteiger partial charge in [0.05, 0.1) is 0 Å². The number of benzene rings is 2. The van der Waals surface area contributed by atoms with Crippen molar-refractivity contribution in [1.82, 2.24) is 5.32 Å². The number of hydrogen-bond donors (Lipinski definition) is 3. The number of urea groups is 1. The van der Waals surface area contributed by atoms with Gasteiger partial charge in [0, 0.05) is 24.8 Å². The lowest BCUT2D eigenvalue weighted by atomic mass is 9.96. The van der Waals surface area contributed by atoms with E-state index in [4.69, 9.17) is 0 Å². The summed E-state index contributed by atoms with van der Waals surface area (Å²) in [4.78, 5) is 12.2. The van der Waals surface area contributed by atoms with Crippen LogP contribution in [0.3, 0.4) is 0 Å². The van der Waals surface area contributed by atoms with E-state index >= 15 is 0 Å². The number of amides is 2. The number of aliphatic hydroxyl groups is 1. The van der Waals surface area contributed by atoms with Crippen LogP contribution >= 0.6 is 0 Å². The molecule has 1 atom stereocenters. The lowest BCUT2D eigenvalue weighted by molar-refractivity contribution is 0.248. The van der Waals surface area contributed by atoms with Crippen molar-refractivity contribution in [2.24, 2.45) is 0 Å². The number of carbonyl (C=O) groups excluding carboxylic acids is 1. The van der Waals surface area contributed by atoms with Crippen molar-refractivity contribution >= 4 is 11.7 Å². The molecule has 2 aromatic carbocycles. The molecule has 0 saturated heterocycles. The van der Waals surface area contributed by atoms with Crippen LogP contribution in [0.4, 0.5) is 10.5 Å². The molecule has 0 aliphatic heterocycles. The van der Waals surface area contributed by atoms with Crippen molar-refractivity contribution in [3.05, 3.63) is 65.7 Å². The molecular formula is C20H26N2O2. The standard InChI is InChI=1S/C20H26N2O2/c1-2-8-17-11-6-7-12-19(17)22-20(24)21-15-18(13-14-23)16-9-4-3-5-10-16/h3-7,9-12,18,23H,2,8,13-15H2,1H3,(H2,21,22,24). The van der Waals surface area contributed by atoms with E-state index in [-0.39, 0.29) is 18.6 Å². The number of anilines is 1. The summed E-state index contributed by atoms with van der Waals surface area (Å²) in [6, 6.07) is 17.6. The molecule has 4 nitrogen and oxygen atoms in total. The van der Waals surface area contributed by atoms with Gasteiger partial charge in [0.25, 0.3) is 0 Å². The summed E-state index contributed by atoms with van der Waals surface area (Å²) < 4.78 is 0. The first-order valence-corrected chi connectivity index (χ1v) is 8.53. The number of para-hydroxylation sites is 1. The predicted octanol–water partition coefficient (Wildman–Crippen LogP) is 3.93. The number of aliphatic hydroxyl groups excluding tert-OH is 1. The minimum absolute atomic E-state index is 0.0994. The van der Waals surface area contributed by atoms with Crippen LogP contribution in [0.2, 0.25) is 0 Å². The van der Waals surface area contributed by atoms with Crippen molar-refractivity contribution < 1.29 is 9.90 Å². The molecule has 0 aliphatic carbocycles. The van der Waals surface area contributed by atoms with Gasteiger partial charge in [0.2, 0.25) is 0 Å². The molecule has 1 unspecified atom stereocenters. The van der Waals surface area contributed by atoms with Crippen molar-refractivity contribution in [3.63, 3.8) is 0 Å². The maximum Gasteiger partial charge on any atom is 0.319 e. The van der Waals surface area contributed by atoms with Crippen molar-refractivity contribution in [3.8, 4) is 0 Å². The van der Waals surface area contributed by atoms with Crippen LogP contribution in [-0.2, 0) is 6.42 Å². The van der Waals surface area contributed by atoms with Crippen LogP contribution in [0.1, 0.15) is 36.8 Å². The van der Waals surface area contributed by atoms with Gasteiger partial charge in [-0.25, -0.2) is 4.79 Å². The molecule has 24 heavy (non-hydrogen) atoms. The lowest BCUT2D eigenvalue weighted by Gasteiger charge is -2.18. The van der Waals surface area contributed by atoms with Crippen molar-refractivity contribution in [2.45, 2.75) is 32.1 Å². The largest absolute Gasteiger partial charge is 0.396 e. The third-order valence-electron chi connectivity index (χ3n) is 4.04. The first-order valence-electron chi connectivity index (χ1n) is 8.53. The fourth-order valence-electron chi connectivity index (χ4n) is 2.78. The Labute approximate surface area is 143 Å². The third-order valence-corrected chi connectivity index (χ3v) is 4.04. The van der Waals surface area contributed by atoms with E-state index in [2.05, 4.69) is 17.6 Å². The molecule has 4 heteroatoms. The zero-order chi connectivity index (χ0) is 17.2. The van der Waals surface area contributed by atoms with Gasteiger partial charge < -0.3 is 15.7 Å². The SMILES string of the molecule is CCCc1ccccc1NC(=O)NCC(CCO)c1ccccc1. The molecule has 2 amide bonds. The number of carbonyl (C=O) groups is 1. The van der Waals surface area contributed by atoms with Gasteiger partial charge in [-0.15, -0.1) is 0 Å². The maximum absolute atomic E-state index is 12.2. The Hall–Kier alpha value is -2.33. The summed E-state index contributed by atoms with van der Waals surface area (Å²) in [6.45, 7) is 2.71. The highest BCUT2D eigenvalue weighted by molar-refractivity contribution is 5.90. The van der Waals surface area contributed by atoms with E-state index in [1.807, 2.05) is 54.6 Å². The molecule has 2 aromatic rings. The topological polar surface area (TPSA) is 61.4 Å². The summed E-state index contributed by atoms with van der Waals surface area (Å²) >= 11 is 0. The second-order valence-electron chi connectivity index (χ2n) is 5.86. The molecule has 0 bridgehead atoms. The van der Waals surface area contributed by atoms with Crippen LogP contribution in [0.5, 0.6) is 0 Å². The molecule has 0 spiro atoms. The minimum Gasteiger partial charge on any atom is -0.396 e.